The molecule has 0 aliphatic carbocycles. The average molecular weight is 213 g/mol. The fraction of sp³-hybridized carbons (Fsp3) is 0.583. The number of rotatable bonds is 4. The normalized spacial score (nSPS) is 13.9. The van der Waals surface area contributed by atoms with Crippen LogP contribution in [0.4, 0.5) is 8.78 Å². The molecule has 3 heteroatoms. The topological polar surface area (TPSA) is 12.9 Å². The van der Waals surface area contributed by atoms with Crippen molar-refractivity contribution in [3.63, 3.8) is 0 Å². The first-order valence-electron chi connectivity index (χ1n) is 5.25. The highest BCUT2D eigenvalue weighted by Crippen LogP contribution is 2.31. The van der Waals surface area contributed by atoms with E-state index in [0.29, 0.717) is 0 Å². The van der Waals surface area contributed by atoms with E-state index in [4.69, 9.17) is 0 Å². The summed E-state index contributed by atoms with van der Waals surface area (Å²) in [5, 5.41) is 0. The van der Waals surface area contributed by atoms with Crippen LogP contribution in [0.1, 0.15) is 43.9 Å². The van der Waals surface area contributed by atoms with Crippen LogP contribution < -0.4 is 0 Å². The Balaban J connectivity index is 2.69. The Labute approximate surface area is 89.5 Å². The first kappa shape index (κ1) is 12.1. The Bertz CT molecular complexity index is 306. The van der Waals surface area contributed by atoms with Gasteiger partial charge in [0.1, 0.15) is 0 Å². The second kappa shape index (κ2) is 4.69. The molecule has 1 rings (SSSR count). The van der Waals surface area contributed by atoms with Gasteiger partial charge in [-0.1, -0.05) is 19.9 Å². The van der Waals surface area contributed by atoms with Crippen LogP contribution >= 0.6 is 0 Å². The van der Waals surface area contributed by atoms with E-state index in [9.17, 15) is 8.78 Å². The van der Waals surface area contributed by atoms with Crippen LogP contribution in [0, 0.1) is 6.92 Å². The highest BCUT2D eigenvalue weighted by Gasteiger charge is 2.29. The van der Waals surface area contributed by atoms with E-state index >= 15 is 0 Å². The minimum Gasteiger partial charge on any atom is -0.261 e. The number of nitrogens with zero attached hydrogens (tertiary/aromatic N) is 1. The standard InChI is InChI=1S/C12H17F2N/c1-4-12(13,14)7-10(3)11-6-5-9(2)8-15-11/h5-6,8,10H,4,7H2,1-3H3. The van der Waals surface area contributed by atoms with Crippen LogP contribution in [-0.2, 0) is 0 Å². The molecule has 0 amide bonds. The van der Waals surface area contributed by atoms with Crippen LogP contribution in [0.5, 0.6) is 0 Å². The second-order valence-corrected chi connectivity index (χ2v) is 4.08. The van der Waals surface area contributed by atoms with E-state index < -0.39 is 5.92 Å². The van der Waals surface area contributed by atoms with E-state index in [1.54, 1.807) is 13.1 Å². The molecule has 1 atom stereocenters. The summed E-state index contributed by atoms with van der Waals surface area (Å²) in [7, 11) is 0. The third-order valence-electron chi connectivity index (χ3n) is 2.56. The van der Waals surface area contributed by atoms with Crippen molar-refractivity contribution in [2.45, 2.75) is 45.5 Å². The van der Waals surface area contributed by atoms with Gasteiger partial charge in [0.15, 0.2) is 0 Å². The molecular formula is C12H17F2N. The summed E-state index contributed by atoms with van der Waals surface area (Å²) in [5.41, 5.74) is 1.79. The van der Waals surface area contributed by atoms with E-state index in [0.717, 1.165) is 11.3 Å². The molecule has 0 saturated carbocycles. The largest absolute Gasteiger partial charge is 0.261 e. The van der Waals surface area contributed by atoms with Crippen molar-refractivity contribution < 1.29 is 8.78 Å². The molecule has 0 fully saturated rings. The number of hydrogen-bond donors (Lipinski definition) is 0. The minimum atomic E-state index is -2.58. The summed E-state index contributed by atoms with van der Waals surface area (Å²) in [5.74, 6) is -2.77. The van der Waals surface area contributed by atoms with Crippen molar-refractivity contribution in [1.29, 1.82) is 0 Å². The Morgan fingerprint density at radius 2 is 2.07 bits per heavy atom. The molecule has 0 aliphatic heterocycles. The highest BCUT2D eigenvalue weighted by atomic mass is 19.3. The maximum Gasteiger partial charge on any atom is 0.248 e. The smallest absolute Gasteiger partial charge is 0.248 e. The molecule has 0 saturated heterocycles. The fourth-order valence-electron chi connectivity index (χ4n) is 1.47. The summed E-state index contributed by atoms with van der Waals surface area (Å²) in [6.45, 7) is 5.23. The molecule has 1 nitrogen and oxygen atoms in total. The number of aryl methyl sites for hydroxylation is 1. The summed E-state index contributed by atoms with van der Waals surface area (Å²) in [4.78, 5) is 4.16. The van der Waals surface area contributed by atoms with Gasteiger partial charge in [0, 0.05) is 30.7 Å². The predicted octanol–water partition coefficient (Wildman–Crippen LogP) is 3.93. The summed E-state index contributed by atoms with van der Waals surface area (Å²) in [6, 6.07) is 3.73. The third kappa shape index (κ3) is 3.57. The van der Waals surface area contributed by atoms with E-state index in [1.165, 1.54) is 6.92 Å². The maximum absolute atomic E-state index is 13.1. The Kier molecular flexibility index (Phi) is 3.77. The van der Waals surface area contributed by atoms with Gasteiger partial charge in [0.05, 0.1) is 0 Å². The fourth-order valence-corrected chi connectivity index (χ4v) is 1.47. The van der Waals surface area contributed by atoms with E-state index in [2.05, 4.69) is 4.98 Å². The third-order valence-corrected chi connectivity index (χ3v) is 2.56. The molecular weight excluding hydrogens is 196 g/mol. The average Bonchev–Trinajstić information content (AvgIpc) is 2.18. The Hall–Kier alpha value is -0.990. The van der Waals surface area contributed by atoms with Crippen molar-refractivity contribution in [3.05, 3.63) is 29.6 Å². The lowest BCUT2D eigenvalue weighted by molar-refractivity contribution is -0.0169. The summed E-state index contributed by atoms with van der Waals surface area (Å²) >= 11 is 0. The molecule has 0 N–H and O–H groups in total. The first-order chi connectivity index (χ1) is 6.94. The molecule has 1 aromatic heterocycles. The number of aromatic nitrogens is 1. The zero-order valence-electron chi connectivity index (χ0n) is 9.43. The number of pyridine rings is 1. The minimum absolute atomic E-state index is 0.108. The lowest BCUT2D eigenvalue weighted by Crippen LogP contribution is -2.18. The van der Waals surface area contributed by atoms with Crippen LogP contribution in [0.15, 0.2) is 18.3 Å². The van der Waals surface area contributed by atoms with Gasteiger partial charge in [-0.3, -0.25) is 4.98 Å². The molecule has 0 bridgehead atoms. The molecule has 1 unspecified atom stereocenters. The molecule has 0 aliphatic rings. The zero-order chi connectivity index (χ0) is 11.5. The SMILES string of the molecule is CCC(F)(F)CC(C)c1ccc(C)cn1. The van der Waals surface area contributed by atoms with Crippen molar-refractivity contribution >= 4 is 0 Å². The van der Waals surface area contributed by atoms with Gasteiger partial charge >= 0.3 is 0 Å². The highest BCUT2D eigenvalue weighted by molar-refractivity contribution is 5.15. The maximum atomic E-state index is 13.1. The Morgan fingerprint density at radius 3 is 2.53 bits per heavy atom. The summed E-state index contributed by atoms with van der Waals surface area (Å²) in [6.07, 6.45) is 1.48. The lowest BCUT2D eigenvalue weighted by Gasteiger charge is -2.18. The molecule has 0 radical (unpaired) electrons. The van der Waals surface area contributed by atoms with Gasteiger partial charge in [-0.05, 0) is 18.6 Å². The van der Waals surface area contributed by atoms with Gasteiger partial charge in [-0.2, -0.15) is 0 Å². The van der Waals surface area contributed by atoms with E-state index in [1.807, 2.05) is 19.1 Å². The number of hydrogen-bond acceptors (Lipinski definition) is 1. The summed E-state index contributed by atoms with van der Waals surface area (Å²) < 4.78 is 26.3. The first-order valence-corrected chi connectivity index (χ1v) is 5.25. The van der Waals surface area contributed by atoms with Gasteiger partial charge < -0.3 is 0 Å². The van der Waals surface area contributed by atoms with Crippen molar-refractivity contribution in [2.24, 2.45) is 0 Å². The predicted molar refractivity (Wildman–Crippen MR) is 57.2 cm³/mol. The van der Waals surface area contributed by atoms with Crippen LogP contribution in [0.25, 0.3) is 0 Å². The van der Waals surface area contributed by atoms with Crippen molar-refractivity contribution in [2.75, 3.05) is 0 Å². The molecule has 0 aromatic carbocycles. The van der Waals surface area contributed by atoms with Crippen LogP contribution in [-0.4, -0.2) is 10.9 Å². The van der Waals surface area contributed by atoms with E-state index in [-0.39, 0.29) is 18.8 Å². The monoisotopic (exact) mass is 213 g/mol. The molecule has 15 heavy (non-hydrogen) atoms. The Morgan fingerprint density at radius 1 is 1.40 bits per heavy atom. The van der Waals surface area contributed by atoms with Gasteiger partial charge in [0.2, 0.25) is 5.92 Å². The van der Waals surface area contributed by atoms with Crippen molar-refractivity contribution in [1.82, 2.24) is 4.98 Å². The van der Waals surface area contributed by atoms with Crippen LogP contribution in [0.2, 0.25) is 0 Å². The second-order valence-electron chi connectivity index (χ2n) is 4.08. The molecule has 84 valence electrons. The molecule has 0 spiro atoms. The van der Waals surface area contributed by atoms with Gasteiger partial charge in [-0.25, -0.2) is 8.78 Å². The van der Waals surface area contributed by atoms with Gasteiger partial charge in [0.25, 0.3) is 0 Å². The zero-order valence-corrected chi connectivity index (χ0v) is 9.43. The van der Waals surface area contributed by atoms with Gasteiger partial charge in [-0.15, -0.1) is 0 Å². The number of alkyl halides is 2. The lowest BCUT2D eigenvalue weighted by atomic mass is 9.97. The number of halogens is 2. The quantitative estimate of drug-likeness (QED) is 0.738. The van der Waals surface area contributed by atoms with Crippen molar-refractivity contribution in [3.8, 4) is 0 Å². The van der Waals surface area contributed by atoms with Crippen LogP contribution in [0.3, 0.4) is 0 Å². The molecule has 1 aromatic rings. The molecule has 1 heterocycles.